The predicted octanol–water partition coefficient (Wildman–Crippen LogP) is 4.62. The monoisotopic (exact) mass is 395 g/mol. The molecule has 1 aromatic heterocycles. The summed E-state index contributed by atoms with van der Waals surface area (Å²) >= 11 is 0. The van der Waals surface area contributed by atoms with Crippen molar-refractivity contribution in [3.63, 3.8) is 0 Å². The van der Waals surface area contributed by atoms with Crippen LogP contribution >= 0.6 is 16.8 Å². The number of hydrogen-bond acceptors (Lipinski definition) is 4. The van der Waals surface area contributed by atoms with Gasteiger partial charge in [-0.25, -0.2) is 0 Å². The van der Waals surface area contributed by atoms with Gasteiger partial charge >= 0.3 is 0 Å². The van der Waals surface area contributed by atoms with E-state index in [9.17, 15) is 19.6 Å². The average molecular weight is 395 g/mol. The minimum atomic E-state index is -2.33. The van der Waals surface area contributed by atoms with E-state index in [1.54, 1.807) is 0 Å². The summed E-state index contributed by atoms with van der Waals surface area (Å²) in [6.45, 7) is 4.96. The van der Waals surface area contributed by atoms with Gasteiger partial charge in [-0.15, -0.1) is 0 Å². The van der Waals surface area contributed by atoms with Crippen molar-refractivity contribution in [2.45, 2.75) is 45.1 Å². The molecule has 5 nitrogen and oxygen atoms in total. The Morgan fingerprint density at radius 1 is 1.00 bits per heavy atom. The molecule has 0 radical (unpaired) electrons. The molecule has 0 unspecified atom stereocenters. The quantitative estimate of drug-likeness (QED) is 0.369. The molecule has 0 spiro atoms. The number of aromatic nitrogens is 1. The first kappa shape index (κ1) is 21.2. The maximum absolute atomic E-state index is 9.22. The van der Waals surface area contributed by atoms with Gasteiger partial charge in [0.25, 0.3) is 0 Å². The first-order valence-corrected chi connectivity index (χ1v) is 11.2. The molecule has 4 N–H and O–H groups in total. The minimum Gasteiger partial charge on any atom is -0.349 e. The van der Waals surface area contributed by atoms with Crippen LogP contribution in [0.1, 0.15) is 33.1 Å². The Labute approximate surface area is 157 Å². The largest absolute Gasteiger partial charge is 0.349 e. The summed E-state index contributed by atoms with van der Waals surface area (Å²) in [6.07, 6.45) is 8.24. The number of para-hydroxylation sites is 1. The maximum atomic E-state index is 9.22. The first-order chi connectivity index (χ1) is 12.4. The average Bonchev–Trinajstić information content (AvgIpc) is 2.97. The zero-order chi connectivity index (χ0) is 19.1. The lowest BCUT2D eigenvalue weighted by Gasteiger charge is -2.17. The molecule has 1 heterocycles. The molecule has 142 valence electrons. The number of hydrogen-bond donors (Lipinski definition) is 4. The van der Waals surface area contributed by atoms with Crippen molar-refractivity contribution in [3.8, 4) is 0 Å². The van der Waals surface area contributed by atoms with Gasteiger partial charge in [-0.05, 0) is 50.6 Å². The zero-order valence-electron chi connectivity index (χ0n) is 15.2. The normalized spacial score (nSPS) is 13.6. The van der Waals surface area contributed by atoms with E-state index in [2.05, 4.69) is 48.0 Å². The summed E-state index contributed by atoms with van der Waals surface area (Å²) in [5, 5.41) is 0.392. The number of nitrogens with zero attached hydrogens (tertiary/aromatic N) is 1. The fourth-order valence-electron chi connectivity index (χ4n) is 2.85. The molecule has 0 amide bonds. The number of benzene rings is 1. The second kappa shape index (κ2) is 10.3. The van der Waals surface area contributed by atoms with E-state index < -0.39 is 22.2 Å². The molecular weight excluding hydrogens is 368 g/mol. The van der Waals surface area contributed by atoms with Crippen molar-refractivity contribution in [2.75, 3.05) is 0 Å². The summed E-state index contributed by atoms with van der Waals surface area (Å²) in [5.41, 5.74) is 3.64. The van der Waals surface area contributed by atoms with Crippen molar-refractivity contribution in [1.29, 1.82) is 0 Å². The molecule has 0 aliphatic heterocycles. The highest BCUT2D eigenvalue weighted by Crippen LogP contribution is 2.51. The molecule has 0 bridgehead atoms. The van der Waals surface area contributed by atoms with Crippen LogP contribution in [0.5, 0.6) is 0 Å². The van der Waals surface area contributed by atoms with Crippen LogP contribution in [0.25, 0.3) is 10.9 Å². The molecule has 1 aromatic carbocycles. The van der Waals surface area contributed by atoms with E-state index in [-0.39, 0.29) is 6.42 Å². The summed E-state index contributed by atoms with van der Waals surface area (Å²) in [5.74, 6) is 0. The molecule has 7 heteroatoms. The van der Waals surface area contributed by atoms with E-state index >= 15 is 0 Å². The van der Waals surface area contributed by atoms with Crippen LogP contribution in [-0.4, -0.2) is 29.5 Å². The van der Waals surface area contributed by atoms with E-state index in [0.29, 0.717) is 0 Å². The first-order valence-electron chi connectivity index (χ1n) is 8.57. The lowest BCUT2D eigenvalue weighted by atomic mass is 10.1. The highest BCUT2D eigenvalue weighted by atomic mass is 31.2. The topological polar surface area (TPSA) is 85.8 Å². The summed E-state index contributed by atoms with van der Waals surface area (Å²) in [7, 11) is -4.65. The SMILES string of the molecule is C/C(=C\CC(P(O)O)P(O)O)CC/C=C(\C)Cn1ccc2ccccc21. The van der Waals surface area contributed by atoms with Gasteiger partial charge in [0, 0.05) is 18.3 Å². The molecule has 26 heavy (non-hydrogen) atoms. The number of fused-ring (bicyclic) bond motifs is 1. The molecule has 0 saturated heterocycles. The third kappa shape index (κ3) is 6.28. The van der Waals surface area contributed by atoms with Gasteiger partial charge in [-0.2, -0.15) is 0 Å². The third-order valence-electron chi connectivity index (χ3n) is 4.34. The second-order valence-electron chi connectivity index (χ2n) is 6.50. The van der Waals surface area contributed by atoms with Gasteiger partial charge in [0.2, 0.25) is 0 Å². The Balaban J connectivity index is 1.86. The molecule has 0 aliphatic carbocycles. The Bertz CT molecular complexity index is 760. The van der Waals surface area contributed by atoms with Gasteiger partial charge in [0.15, 0.2) is 16.8 Å². The highest BCUT2D eigenvalue weighted by molar-refractivity contribution is 7.64. The van der Waals surface area contributed by atoms with Gasteiger partial charge in [-0.1, -0.05) is 41.5 Å². The Hall–Kier alpha value is -1.06. The van der Waals surface area contributed by atoms with E-state index in [1.807, 2.05) is 19.1 Å². The molecule has 2 rings (SSSR count). The fourth-order valence-corrected chi connectivity index (χ4v) is 4.17. The lowest BCUT2D eigenvalue weighted by Crippen LogP contribution is -2.01. The molecule has 2 aromatic rings. The van der Waals surface area contributed by atoms with Crippen LogP contribution in [-0.2, 0) is 6.54 Å². The van der Waals surface area contributed by atoms with Gasteiger partial charge in [0.05, 0.1) is 0 Å². The standard InChI is InChI=1S/C19H27NO4P2/c1-15(10-11-19(25(21)22)26(23)24)6-5-7-16(2)14-20-13-12-17-8-3-4-9-18(17)20/h3-4,7-10,12-13,19,21-24H,5-6,11,14H2,1-2H3/b15-10+,16-7+. The van der Waals surface area contributed by atoms with Gasteiger partial charge in [-0.3, -0.25) is 0 Å². The minimum absolute atomic E-state index is 0.279. The van der Waals surface area contributed by atoms with Crippen molar-refractivity contribution < 1.29 is 19.6 Å². The van der Waals surface area contributed by atoms with E-state index in [0.717, 1.165) is 25.0 Å². The lowest BCUT2D eigenvalue weighted by molar-refractivity contribution is 0.449. The maximum Gasteiger partial charge on any atom is 0.177 e. The van der Waals surface area contributed by atoms with E-state index in [1.165, 1.54) is 16.5 Å². The summed E-state index contributed by atoms with van der Waals surface area (Å²) < 4.78 is 2.24. The van der Waals surface area contributed by atoms with E-state index in [4.69, 9.17) is 0 Å². The van der Waals surface area contributed by atoms with Crippen LogP contribution in [0.15, 0.2) is 59.8 Å². The van der Waals surface area contributed by atoms with Crippen LogP contribution in [0.2, 0.25) is 0 Å². The zero-order valence-corrected chi connectivity index (χ0v) is 16.9. The third-order valence-corrected chi connectivity index (χ3v) is 7.07. The molecule has 0 fully saturated rings. The van der Waals surface area contributed by atoms with Crippen LogP contribution < -0.4 is 0 Å². The molecule has 0 aliphatic rings. The van der Waals surface area contributed by atoms with Crippen LogP contribution in [0.4, 0.5) is 0 Å². The van der Waals surface area contributed by atoms with Gasteiger partial charge in [0.1, 0.15) is 5.40 Å². The summed E-state index contributed by atoms with van der Waals surface area (Å²) in [4.78, 5) is 36.9. The van der Waals surface area contributed by atoms with Crippen molar-refractivity contribution in [3.05, 3.63) is 59.8 Å². The van der Waals surface area contributed by atoms with Crippen molar-refractivity contribution >= 4 is 27.7 Å². The van der Waals surface area contributed by atoms with Crippen molar-refractivity contribution in [2.24, 2.45) is 0 Å². The molecular formula is C19H27NO4P2. The fraction of sp³-hybridized carbons (Fsp3) is 0.368. The summed E-state index contributed by atoms with van der Waals surface area (Å²) in [6, 6.07) is 10.5. The number of allylic oxidation sites excluding steroid dienone is 4. The second-order valence-corrected chi connectivity index (χ2v) is 9.43. The Morgan fingerprint density at radius 3 is 2.38 bits per heavy atom. The smallest absolute Gasteiger partial charge is 0.177 e. The molecule has 0 saturated carbocycles. The highest BCUT2D eigenvalue weighted by Gasteiger charge is 2.24. The van der Waals surface area contributed by atoms with Crippen molar-refractivity contribution in [1.82, 2.24) is 4.57 Å². The predicted molar refractivity (Wildman–Crippen MR) is 110 cm³/mol. The number of rotatable bonds is 9. The van der Waals surface area contributed by atoms with Crippen LogP contribution in [0.3, 0.4) is 0 Å². The Morgan fingerprint density at radius 2 is 1.69 bits per heavy atom. The Kier molecular flexibility index (Phi) is 8.43. The van der Waals surface area contributed by atoms with Crippen LogP contribution in [0, 0.1) is 0 Å². The van der Waals surface area contributed by atoms with Gasteiger partial charge < -0.3 is 24.1 Å². The molecule has 0 atom stereocenters.